The number of rotatable bonds is 4. The van der Waals surface area contributed by atoms with Crippen molar-refractivity contribution < 1.29 is 22.7 Å². The number of alkyl halides is 3. The maximum Gasteiger partial charge on any atom is 0.416 e. The summed E-state index contributed by atoms with van der Waals surface area (Å²) < 4.78 is 54.5. The van der Waals surface area contributed by atoms with Crippen LogP contribution < -0.4 is 4.90 Å². The molecule has 34 heavy (non-hydrogen) atoms. The first-order valence-corrected chi connectivity index (χ1v) is 11.0. The fraction of sp³-hybridized carbons (Fsp3) is 0.280. The largest absolute Gasteiger partial charge is 0.416 e. The van der Waals surface area contributed by atoms with Gasteiger partial charge in [-0.3, -0.25) is 0 Å². The zero-order chi connectivity index (χ0) is 24.0. The van der Waals surface area contributed by atoms with Crippen molar-refractivity contribution in [2.75, 3.05) is 18.1 Å². The van der Waals surface area contributed by atoms with Crippen LogP contribution in [-0.4, -0.2) is 38.9 Å². The summed E-state index contributed by atoms with van der Waals surface area (Å²) in [6.07, 6.45) is -2.68. The van der Waals surface area contributed by atoms with Gasteiger partial charge in [-0.15, -0.1) is 0 Å². The molecule has 3 heterocycles. The van der Waals surface area contributed by atoms with Crippen LogP contribution in [0, 0.1) is 12.7 Å². The van der Waals surface area contributed by atoms with E-state index in [9.17, 15) is 22.7 Å². The maximum atomic E-state index is 13.6. The molecule has 0 spiro atoms. The average molecular weight is 470 g/mol. The molecule has 1 N–H and O–H groups in total. The molecule has 176 valence electrons. The second-order valence-electron chi connectivity index (χ2n) is 8.45. The number of fused-ring (bicyclic) bond motifs is 1. The fourth-order valence-corrected chi connectivity index (χ4v) is 4.57. The van der Waals surface area contributed by atoms with E-state index in [-0.39, 0.29) is 18.5 Å². The lowest BCUT2D eigenvalue weighted by atomic mass is 10.0. The van der Waals surface area contributed by atoms with Gasteiger partial charge in [0.15, 0.2) is 5.65 Å². The molecule has 5 rings (SSSR count). The fourth-order valence-electron chi connectivity index (χ4n) is 4.57. The van der Waals surface area contributed by atoms with E-state index in [1.54, 1.807) is 23.6 Å². The zero-order valence-corrected chi connectivity index (χ0v) is 18.3. The van der Waals surface area contributed by atoms with Gasteiger partial charge in [0.1, 0.15) is 11.6 Å². The van der Waals surface area contributed by atoms with Gasteiger partial charge in [-0.05, 0) is 61.7 Å². The number of hydrogen-bond acceptors (Lipinski definition) is 4. The molecule has 0 radical (unpaired) electrons. The van der Waals surface area contributed by atoms with Crippen LogP contribution in [0.25, 0.3) is 28.0 Å². The molecular weight excluding hydrogens is 448 g/mol. The normalized spacial score (nSPS) is 16.5. The number of aliphatic hydroxyl groups is 1. The molecule has 0 bridgehead atoms. The summed E-state index contributed by atoms with van der Waals surface area (Å²) in [5.74, 6) is 0.271. The molecule has 2 aromatic carbocycles. The van der Waals surface area contributed by atoms with Crippen molar-refractivity contribution in [3.8, 4) is 22.4 Å². The van der Waals surface area contributed by atoms with Crippen LogP contribution in [0.15, 0.2) is 54.6 Å². The van der Waals surface area contributed by atoms with Crippen LogP contribution in [0.3, 0.4) is 0 Å². The van der Waals surface area contributed by atoms with Crippen molar-refractivity contribution in [1.82, 2.24) is 14.6 Å². The molecule has 4 aromatic rings. The molecule has 1 aliphatic heterocycles. The predicted octanol–water partition coefficient (Wildman–Crippen LogP) is 5.49. The molecule has 0 aliphatic carbocycles. The Morgan fingerprint density at radius 3 is 2.35 bits per heavy atom. The maximum absolute atomic E-state index is 13.6. The van der Waals surface area contributed by atoms with E-state index in [4.69, 9.17) is 4.98 Å². The van der Waals surface area contributed by atoms with Gasteiger partial charge in [-0.2, -0.15) is 18.3 Å². The predicted molar refractivity (Wildman–Crippen MR) is 121 cm³/mol. The first kappa shape index (κ1) is 22.3. The number of aromatic nitrogens is 3. The Bertz CT molecular complexity index is 1330. The molecule has 1 unspecified atom stereocenters. The Labute approximate surface area is 193 Å². The van der Waals surface area contributed by atoms with E-state index < -0.39 is 11.7 Å². The Balaban J connectivity index is 1.73. The number of aryl methyl sites for hydroxylation is 1. The smallest absolute Gasteiger partial charge is 0.394 e. The quantitative estimate of drug-likeness (QED) is 0.401. The number of anilines is 1. The number of halogens is 4. The van der Waals surface area contributed by atoms with Gasteiger partial charge in [0, 0.05) is 23.7 Å². The van der Waals surface area contributed by atoms with Crippen molar-refractivity contribution >= 4 is 11.5 Å². The molecular formula is C25H22F4N4O. The molecule has 1 saturated heterocycles. The Morgan fingerprint density at radius 1 is 1.03 bits per heavy atom. The Hall–Kier alpha value is -3.46. The van der Waals surface area contributed by atoms with Crippen LogP contribution in [0.1, 0.15) is 24.1 Å². The summed E-state index contributed by atoms with van der Waals surface area (Å²) in [6.45, 7) is 2.49. The highest BCUT2D eigenvalue weighted by Crippen LogP contribution is 2.36. The van der Waals surface area contributed by atoms with Crippen molar-refractivity contribution in [3.05, 3.63) is 71.7 Å². The molecule has 0 amide bonds. The molecule has 1 fully saturated rings. The lowest BCUT2D eigenvalue weighted by molar-refractivity contribution is -0.137. The summed E-state index contributed by atoms with van der Waals surface area (Å²) in [7, 11) is 0. The Morgan fingerprint density at radius 2 is 1.71 bits per heavy atom. The zero-order valence-electron chi connectivity index (χ0n) is 18.3. The molecule has 2 aromatic heterocycles. The lowest BCUT2D eigenvalue weighted by Crippen LogP contribution is -2.32. The monoisotopic (exact) mass is 470 g/mol. The van der Waals surface area contributed by atoms with Gasteiger partial charge < -0.3 is 10.0 Å². The first-order chi connectivity index (χ1) is 16.3. The molecule has 9 heteroatoms. The number of nitrogens with zero attached hydrogens (tertiary/aromatic N) is 4. The lowest BCUT2D eigenvalue weighted by Gasteiger charge is -2.25. The third-order valence-corrected chi connectivity index (χ3v) is 6.27. The minimum absolute atomic E-state index is 0.0111. The summed E-state index contributed by atoms with van der Waals surface area (Å²) in [6, 6.07) is 12.7. The van der Waals surface area contributed by atoms with Gasteiger partial charge in [0.05, 0.1) is 29.6 Å². The summed E-state index contributed by atoms with van der Waals surface area (Å²) in [5.41, 5.74) is 2.94. The van der Waals surface area contributed by atoms with E-state index in [1.165, 1.54) is 24.3 Å². The number of benzene rings is 2. The molecule has 1 aliphatic rings. The first-order valence-electron chi connectivity index (χ1n) is 11.0. The minimum atomic E-state index is -4.43. The van der Waals surface area contributed by atoms with E-state index in [2.05, 4.69) is 5.10 Å². The minimum Gasteiger partial charge on any atom is -0.394 e. The molecule has 1 atom stereocenters. The van der Waals surface area contributed by atoms with Crippen LogP contribution in [0.5, 0.6) is 0 Å². The van der Waals surface area contributed by atoms with E-state index in [0.717, 1.165) is 37.1 Å². The van der Waals surface area contributed by atoms with Gasteiger partial charge in [-0.25, -0.2) is 13.9 Å². The van der Waals surface area contributed by atoms with Crippen LogP contribution in [0.2, 0.25) is 0 Å². The van der Waals surface area contributed by atoms with E-state index >= 15 is 0 Å². The topological polar surface area (TPSA) is 53.7 Å². The third kappa shape index (κ3) is 3.90. The number of hydrogen-bond donors (Lipinski definition) is 1. The van der Waals surface area contributed by atoms with Gasteiger partial charge in [-0.1, -0.05) is 12.1 Å². The van der Waals surface area contributed by atoms with Gasteiger partial charge >= 0.3 is 6.18 Å². The van der Waals surface area contributed by atoms with Crippen molar-refractivity contribution in [3.63, 3.8) is 0 Å². The van der Waals surface area contributed by atoms with Gasteiger partial charge in [0.2, 0.25) is 0 Å². The second kappa shape index (κ2) is 8.39. The van der Waals surface area contributed by atoms with Gasteiger partial charge in [0.25, 0.3) is 0 Å². The third-order valence-electron chi connectivity index (χ3n) is 6.27. The van der Waals surface area contributed by atoms with E-state index in [0.29, 0.717) is 34.0 Å². The van der Waals surface area contributed by atoms with Crippen molar-refractivity contribution in [2.45, 2.75) is 32.0 Å². The highest BCUT2D eigenvalue weighted by Gasteiger charge is 2.31. The number of aliphatic hydroxyl groups excluding tert-OH is 1. The highest BCUT2D eigenvalue weighted by molar-refractivity contribution is 5.83. The standard InChI is InChI=1S/C25H22F4N4O/c1-15-23(17-4-8-18(9-5-17)25(27,28)29)24-30-22(32-12-2-3-20(32)14-34)13-21(33(24)31-15)16-6-10-19(26)11-7-16/h4-11,13,20,34H,2-3,12,14H2,1H3. The van der Waals surface area contributed by atoms with Crippen molar-refractivity contribution in [1.29, 1.82) is 0 Å². The van der Waals surface area contributed by atoms with Crippen molar-refractivity contribution in [2.24, 2.45) is 0 Å². The molecule has 5 nitrogen and oxygen atoms in total. The second-order valence-corrected chi connectivity index (χ2v) is 8.45. The summed E-state index contributed by atoms with van der Waals surface area (Å²) in [5, 5.41) is 14.5. The van der Waals surface area contributed by atoms with Crippen LogP contribution in [0.4, 0.5) is 23.4 Å². The van der Waals surface area contributed by atoms with Crippen LogP contribution in [-0.2, 0) is 6.18 Å². The Kier molecular flexibility index (Phi) is 5.51. The van der Waals surface area contributed by atoms with E-state index in [1.807, 2.05) is 11.0 Å². The summed E-state index contributed by atoms with van der Waals surface area (Å²) in [4.78, 5) is 6.88. The average Bonchev–Trinajstić information content (AvgIpc) is 3.42. The highest BCUT2D eigenvalue weighted by atomic mass is 19.4. The molecule has 0 saturated carbocycles. The van der Waals surface area contributed by atoms with Crippen LogP contribution >= 0.6 is 0 Å². The SMILES string of the molecule is Cc1nn2c(-c3ccc(F)cc3)cc(N3CCCC3CO)nc2c1-c1ccc(C(F)(F)F)cc1. The summed E-state index contributed by atoms with van der Waals surface area (Å²) >= 11 is 0.